The van der Waals surface area contributed by atoms with Gasteiger partial charge in [-0.25, -0.2) is 9.50 Å². The molecular weight excluding hydrogens is 586 g/mol. The summed E-state index contributed by atoms with van der Waals surface area (Å²) < 4.78 is 39.6. The molecule has 2 saturated heterocycles. The summed E-state index contributed by atoms with van der Waals surface area (Å²) in [5.41, 5.74) is 1.22. The number of benzene rings is 1. The third kappa shape index (κ3) is 6.48. The van der Waals surface area contributed by atoms with Gasteiger partial charge in [-0.15, -0.1) is 0 Å². The molecule has 43 heavy (non-hydrogen) atoms. The number of aromatic nitrogens is 5. The number of hydrogen-bond donors (Lipinski definition) is 2. The van der Waals surface area contributed by atoms with Gasteiger partial charge in [-0.2, -0.15) is 19.0 Å². The van der Waals surface area contributed by atoms with Crippen LogP contribution in [0.3, 0.4) is 0 Å². The number of nitrogens with one attached hydrogen (secondary N) is 1. The van der Waals surface area contributed by atoms with Crippen LogP contribution < -0.4 is 10.1 Å². The van der Waals surface area contributed by atoms with Crippen LogP contribution in [0.2, 0.25) is 5.02 Å². The second-order valence-corrected chi connectivity index (χ2v) is 11.6. The monoisotopic (exact) mass is 616 g/mol. The molecule has 6 rings (SSSR count). The number of carbonyl (C=O) groups excluding carboxylic acids is 1. The summed E-state index contributed by atoms with van der Waals surface area (Å²) in [5.74, 6) is -0.699. The Bertz CT molecular complexity index is 1600. The highest BCUT2D eigenvalue weighted by Gasteiger charge is 2.36. The molecule has 2 N–H and O–H groups in total. The number of halogens is 3. The number of nitrogens with zero attached hydrogens (tertiary/aromatic N) is 7. The minimum Gasteiger partial charge on any atom is -0.434 e. The van der Waals surface area contributed by atoms with E-state index in [0.717, 1.165) is 32.8 Å². The molecule has 2 fully saturated rings. The van der Waals surface area contributed by atoms with E-state index in [1.165, 1.54) is 39.8 Å². The van der Waals surface area contributed by atoms with Crippen molar-refractivity contribution in [3.63, 3.8) is 0 Å². The number of anilines is 1. The SMILES string of the molecule is CC1(CN2CCN(C(O)Cn3cc(NC(=O)c4cnn5cccnc45)c(-c4cc(Cl)ccc4OC(F)F)n3)CC2)COC1. The number of aliphatic hydroxyl groups excluding tert-OH is 1. The summed E-state index contributed by atoms with van der Waals surface area (Å²) in [7, 11) is 0. The van der Waals surface area contributed by atoms with Gasteiger partial charge in [-0.05, 0) is 24.3 Å². The van der Waals surface area contributed by atoms with Gasteiger partial charge in [0.15, 0.2) is 5.65 Å². The average Bonchev–Trinajstić information content (AvgIpc) is 3.57. The van der Waals surface area contributed by atoms with Gasteiger partial charge in [0.05, 0.1) is 31.6 Å². The number of piperazine rings is 1. The van der Waals surface area contributed by atoms with E-state index in [-0.39, 0.29) is 45.2 Å². The molecule has 228 valence electrons. The topological polar surface area (TPSA) is 122 Å². The summed E-state index contributed by atoms with van der Waals surface area (Å²) >= 11 is 6.22. The van der Waals surface area contributed by atoms with Gasteiger partial charge < -0.3 is 24.8 Å². The Balaban J connectivity index is 1.24. The van der Waals surface area contributed by atoms with Gasteiger partial charge >= 0.3 is 6.61 Å². The molecular formula is C28H31ClF2N8O4. The van der Waals surface area contributed by atoms with Crippen molar-refractivity contribution in [2.45, 2.75) is 26.3 Å². The Morgan fingerprint density at radius 1 is 1.26 bits per heavy atom. The number of fused-ring (bicyclic) bond motifs is 1. The van der Waals surface area contributed by atoms with Gasteiger partial charge in [0.2, 0.25) is 0 Å². The molecule has 12 nitrogen and oxygen atoms in total. The van der Waals surface area contributed by atoms with Crippen LogP contribution >= 0.6 is 11.6 Å². The quantitative estimate of drug-likeness (QED) is 0.277. The number of aliphatic hydroxyl groups is 1. The van der Waals surface area contributed by atoms with E-state index in [1.54, 1.807) is 18.5 Å². The lowest BCUT2D eigenvalue weighted by Crippen LogP contribution is -2.56. The van der Waals surface area contributed by atoms with Crippen LogP contribution in [0.1, 0.15) is 17.3 Å². The molecule has 0 spiro atoms. The fourth-order valence-corrected chi connectivity index (χ4v) is 5.62. The normalized spacial score (nSPS) is 18.1. The fraction of sp³-hybridized carbons (Fsp3) is 0.429. The van der Waals surface area contributed by atoms with Crippen LogP contribution in [0, 0.1) is 5.41 Å². The van der Waals surface area contributed by atoms with Crippen molar-refractivity contribution in [1.29, 1.82) is 0 Å². The predicted molar refractivity (Wildman–Crippen MR) is 153 cm³/mol. The van der Waals surface area contributed by atoms with Crippen LogP contribution in [-0.4, -0.2) is 104 Å². The molecule has 1 aromatic carbocycles. The maximum absolute atomic E-state index is 13.3. The maximum Gasteiger partial charge on any atom is 0.387 e. The first-order valence-corrected chi connectivity index (χ1v) is 14.2. The summed E-state index contributed by atoms with van der Waals surface area (Å²) in [6.07, 6.45) is 5.25. The molecule has 3 aromatic heterocycles. The fourth-order valence-electron chi connectivity index (χ4n) is 5.45. The van der Waals surface area contributed by atoms with Gasteiger partial charge in [0.25, 0.3) is 5.91 Å². The Morgan fingerprint density at radius 2 is 2.05 bits per heavy atom. The number of hydrogen-bond acceptors (Lipinski definition) is 9. The van der Waals surface area contributed by atoms with Crippen LogP contribution in [0.25, 0.3) is 16.9 Å². The zero-order chi connectivity index (χ0) is 30.1. The van der Waals surface area contributed by atoms with Crippen molar-refractivity contribution in [3.8, 4) is 17.0 Å². The highest BCUT2D eigenvalue weighted by molar-refractivity contribution is 6.31. The molecule has 5 heterocycles. The van der Waals surface area contributed by atoms with E-state index in [9.17, 15) is 18.7 Å². The number of alkyl halides is 2. The van der Waals surface area contributed by atoms with Crippen molar-refractivity contribution < 1.29 is 28.2 Å². The highest BCUT2D eigenvalue weighted by atomic mass is 35.5. The van der Waals surface area contributed by atoms with E-state index >= 15 is 0 Å². The van der Waals surface area contributed by atoms with Crippen LogP contribution in [-0.2, 0) is 11.3 Å². The number of amides is 1. The number of ether oxygens (including phenoxy) is 2. The largest absolute Gasteiger partial charge is 0.434 e. The van der Waals surface area contributed by atoms with Crippen LogP contribution in [0.4, 0.5) is 14.5 Å². The molecule has 2 aliphatic heterocycles. The zero-order valence-electron chi connectivity index (χ0n) is 23.4. The smallest absolute Gasteiger partial charge is 0.387 e. The summed E-state index contributed by atoms with van der Waals surface area (Å²) in [6.45, 7) is 4.62. The molecule has 15 heteroatoms. The molecule has 2 aliphatic rings. The van der Waals surface area contributed by atoms with Crippen molar-refractivity contribution in [2.24, 2.45) is 5.41 Å². The van der Waals surface area contributed by atoms with Crippen LogP contribution in [0.15, 0.2) is 49.1 Å². The molecule has 0 aliphatic carbocycles. The van der Waals surface area contributed by atoms with Gasteiger partial charge in [0, 0.05) is 67.3 Å². The first kappa shape index (κ1) is 29.4. The molecule has 0 bridgehead atoms. The summed E-state index contributed by atoms with van der Waals surface area (Å²) in [5, 5.41) is 22.9. The van der Waals surface area contributed by atoms with Crippen molar-refractivity contribution in [1.82, 2.24) is 34.2 Å². The third-order valence-corrected chi connectivity index (χ3v) is 7.87. The number of carbonyl (C=O) groups is 1. The van der Waals surface area contributed by atoms with E-state index in [0.29, 0.717) is 18.7 Å². The van der Waals surface area contributed by atoms with Crippen LogP contribution in [0.5, 0.6) is 5.75 Å². The Hall–Kier alpha value is -3.69. The van der Waals surface area contributed by atoms with E-state index in [2.05, 4.69) is 32.3 Å². The minimum atomic E-state index is -3.09. The Morgan fingerprint density at radius 3 is 2.77 bits per heavy atom. The standard InChI is InChI=1S/C28H31ClF2N8O4/c1-28(16-42-17-28)15-36-7-9-37(10-8-36)23(40)14-38-13-21(34-26(41)20-12-33-39-6-2-5-32-25(20)39)24(35-38)19-11-18(29)3-4-22(19)43-27(30)31/h2-6,11-13,23,27,40H,7-10,14-17H2,1H3,(H,34,41). The minimum absolute atomic E-state index is 0.0678. The summed E-state index contributed by atoms with van der Waals surface area (Å²) in [4.78, 5) is 21.9. The lowest BCUT2D eigenvalue weighted by atomic mass is 9.88. The van der Waals surface area contributed by atoms with Crippen molar-refractivity contribution >= 4 is 28.8 Å². The van der Waals surface area contributed by atoms with Gasteiger partial charge in [0.1, 0.15) is 23.2 Å². The molecule has 0 saturated carbocycles. The summed E-state index contributed by atoms with van der Waals surface area (Å²) in [6, 6.07) is 5.85. The van der Waals surface area contributed by atoms with E-state index in [1.807, 2.05) is 4.90 Å². The molecule has 1 unspecified atom stereocenters. The molecule has 4 aromatic rings. The van der Waals surface area contributed by atoms with E-state index in [4.69, 9.17) is 21.1 Å². The molecule has 0 radical (unpaired) electrons. The third-order valence-electron chi connectivity index (χ3n) is 7.63. The lowest BCUT2D eigenvalue weighted by Gasteiger charge is -2.45. The van der Waals surface area contributed by atoms with Gasteiger partial charge in [-0.3, -0.25) is 14.4 Å². The first-order valence-electron chi connectivity index (χ1n) is 13.8. The average molecular weight is 617 g/mol. The van der Waals surface area contributed by atoms with Crippen molar-refractivity contribution in [2.75, 3.05) is 51.3 Å². The highest BCUT2D eigenvalue weighted by Crippen LogP contribution is 2.37. The zero-order valence-corrected chi connectivity index (χ0v) is 24.1. The number of rotatable bonds is 10. The molecule has 1 amide bonds. The second kappa shape index (κ2) is 12.1. The maximum atomic E-state index is 13.3. The Kier molecular flexibility index (Phi) is 8.29. The van der Waals surface area contributed by atoms with Crippen molar-refractivity contribution in [3.05, 3.63) is 59.6 Å². The van der Waals surface area contributed by atoms with E-state index < -0.39 is 18.7 Å². The lowest BCUT2D eigenvalue weighted by molar-refractivity contribution is -0.122. The first-order chi connectivity index (χ1) is 20.7. The molecule has 1 atom stereocenters. The Labute approximate surface area is 250 Å². The second-order valence-electron chi connectivity index (χ2n) is 11.1. The predicted octanol–water partition coefficient (Wildman–Crippen LogP) is 3.07. The van der Waals surface area contributed by atoms with Gasteiger partial charge in [-0.1, -0.05) is 18.5 Å².